The molecule has 0 aliphatic carbocycles. The van der Waals surface area contributed by atoms with Gasteiger partial charge in [0.25, 0.3) is 7.82 Å². The smallest absolute Gasteiger partial charge is 0.306 e. The molecule has 0 bridgehead atoms. The normalized spacial score (nSPS) is 14.3. The lowest BCUT2D eigenvalue weighted by atomic mass is 10.0. The number of nitrogens with zero attached hydrogens (tertiary/aromatic N) is 1. The summed E-state index contributed by atoms with van der Waals surface area (Å²) in [6.45, 7) is 6.68. The fraction of sp³-hybridized carbons (Fsp3) is 0.767. The molecule has 0 aromatic carbocycles. The van der Waals surface area contributed by atoms with Crippen molar-refractivity contribution in [3.63, 3.8) is 0 Å². The Morgan fingerprint density at radius 3 is 1.41 bits per heavy atom. The van der Waals surface area contributed by atoms with Gasteiger partial charge in [0.2, 0.25) is 5.91 Å². The Labute approximate surface area is 432 Å². The van der Waals surface area contributed by atoms with Gasteiger partial charge in [-0.25, -0.2) is 0 Å². The topological polar surface area (TPSA) is 114 Å². The van der Waals surface area contributed by atoms with Crippen molar-refractivity contribution >= 4 is 19.7 Å². The molecule has 0 radical (unpaired) electrons. The van der Waals surface area contributed by atoms with E-state index in [1.165, 1.54) is 109 Å². The summed E-state index contributed by atoms with van der Waals surface area (Å²) in [4.78, 5) is 39.8. The van der Waals surface area contributed by atoms with Crippen LogP contribution >= 0.6 is 7.82 Å². The number of allylic oxidation sites excluding steroid dienone is 11. The Balaban J connectivity index is 5.44. The minimum atomic E-state index is -4.71. The minimum absolute atomic E-state index is 0.0317. The number of quaternary nitrogens is 1. The molecule has 0 aliphatic heterocycles. The second-order valence-electron chi connectivity index (χ2n) is 20.4. The van der Waals surface area contributed by atoms with Crippen LogP contribution in [0.3, 0.4) is 0 Å². The first-order valence-corrected chi connectivity index (χ1v) is 30.2. The van der Waals surface area contributed by atoms with Crippen LogP contribution in [0.5, 0.6) is 0 Å². The first kappa shape index (κ1) is 67.5. The fourth-order valence-electron chi connectivity index (χ4n) is 7.92. The van der Waals surface area contributed by atoms with E-state index in [2.05, 4.69) is 86.8 Å². The Morgan fingerprint density at radius 1 is 0.514 bits per heavy atom. The van der Waals surface area contributed by atoms with E-state index in [1.807, 2.05) is 33.3 Å². The van der Waals surface area contributed by atoms with Gasteiger partial charge in [-0.15, -0.1) is 0 Å². The molecule has 0 fully saturated rings. The van der Waals surface area contributed by atoms with Gasteiger partial charge in [0.05, 0.1) is 33.8 Å². The molecule has 406 valence electrons. The Bertz CT molecular complexity index is 1430. The van der Waals surface area contributed by atoms with Crippen molar-refractivity contribution in [2.45, 2.75) is 258 Å². The molecule has 0 aliphatic rings. The SMILES string of the molecule is CC/C=C/C/C=C/C/C=C/C/C=C/CCCCCC(=O)NC(COP(=O)([O-])OCC[N+](C)(C)C)C(/C=C/CCCCCCCCCCCCC)OC(=O)CCCCCCCCC/C=C\CCCCCC. The highest BCUT2D eigenvalue weighted by Crippen LogP contribution is 2.38. The Hall–Kier alpha value is -2.55. The molecular weight excluding hydrogens is 892 g/mol. The highest BCUT2D eigenvalue weighted by atomic mass is 31.2. The molecule has 70 heavy (non-hydrogen) atoms. The second kappa shape index (κ2) is 50.0. The second-order valence-corrected chi connectivity index (χ2v) is 21.8. The third-order valence-corrected chi connectivity index (χ3v) is 13.3. The standard InChI is InChI=1S/C60H109N2O7P/c1-7-10-13-16-19-22-25-28-30-32-34-37-40-43-46-49-52-59(63)61-57(56-68-70(65,66)67-55-54-62(4,5)6)58(51-48-45-42-39-36-33-27-24-21-18-15-12-9-3)69-60(64)53-50-47-44-41-38-35-31-29-26-23-20-17-14-11-8-2/h10,13,19,22-23,26,28,30,34,37,48,51,57-58H,7-9,11-12,14-18,20-21,24-25,27,29,31-33,35-36,38-47,49-50,52-56H2,1-6H3,(H-,61,63,65,66)/b13-10+,22-19+,26-23-,30-28+,37-34+,51-48+. The number of nitrogens with one attached hydrogen (secondary N) is 1. The van der Waals surface area contributed by atoms with Crippen LogP contribution in [0.15, 0.2) is 72.9 Å². The Morgan fingerprint density at radius 2 is 0.914 bits per heavy atom. The summed E-state index contributed by atoms with van der Waals surface area (Å²) < 4.78 is 30.2. The van der Waals surface area contributed by atoms with E-state index in [9.17, 15) is 19.0 Å². The molecule has 0 spiro atoms. The number of ether oxygens (including phenoxy) is 1. The van der Waals surface area contributed by atoms with Crippen molar-refractivity contribution in [2.24, 2.45) is 0 Å². The molecular formula is C60H109N2O7P. The molecule has 0 rings (SSSR count). The molecule has 9 nitrogen and oxygen atoms in total. The van der Waals surface area contributed by atoms with E-state index in [-0.39, 0.29) is 31.3 Å². The van der Waals surface area contributed by atoms with Gasteiger partial charge in [-0.2, -0.15) is 0 Å². The zero-order valence-electron chi connectivity index (χ0n) is 46.2. The van der Waals surface area contributed by atoms with Gasteiger partial charge in [-0.1, -0.05) is 210 Å². The monoisotopic (exact) mass is 1000 g/mol. The number of unbranched alkanes of at least 4 members (excludes halogenated alkanes) is 25. The summed E-state index contributed by atoms with van der Waals surface area (Å²) >= 11 is 0. The van der Waals surface area contributed by atoms with Crippen molar-refractivity contribution in [3.05, 3.63) is 72.9 Å². The maximum absolute atomic E-state index is 13.5. The first-order chi connectivity index (χ1) is 33.9. The molecule has 0 aromatic heterocycles. The Kier molecular flexibility index (Phi) is 48.2. The van der Waals surface area contributed by atoms with Gasteiger partial charge in [-0.3, -0.25) is 14.2 Å². The summed E-state index contributed by atoms with van der Waals surface area (Å²) in [6.07, 6.45) is 62.9. The number of likely N-dealkylation sites (N-methyl/N-ethyl adjacent to an activating group) is 1. The van der Waals surface area contributed by atoms with Crippen LogP contribution < -0.4 is 10.2 Å². The summed E-state index contributed by atoms with van der Waals surface area (Å²) in [7, 11) is 1.15. The van der Waals surface area contributed by atoms with E-state index in [1.54, 1.807) is 0 Å². The van der Waals surface area contributed by atoms with Gasteiger partial charge in [0, 0.05) is 12.8 Å². The van der Waals surface area contributed by atoms with E-state index in [0.717, 1.165) is 96.3 Å². The molecule has 1 N–H and O–H groups in total. The van der Waals surface area contributed by atoms with E-state index in [4.69, 9.17) is 13.8 Å². The maximum atomic E-state index is 13.5. The number of amides is 1. The first-order valence-electron chi connectivity index (χ1n) is 28.7. The molecule has 10 heteroatoms. The molecule has 1 amide bonds. The number of rotatable bonds is 51. The summed E-state index contributed by atoms with van der Waals surface area (Å²) in [6, 6.07) is -0.908. The maximum Gasteiger partial charge on any atom is 0.306 e. The lowest BCUT2D eigenvalue weighted by Gasteiger charge is -2.30. The van der Waals surface area contributed by atoms with Gasteiger partial charge in [-0.05, 0) is 96.0 Å². The molecule has 0 saturated carbocycles. The number of phosphoric acid groups is 1. The van der Waals surface area contributed by atoms with Gasteiger partial charge in [0.1, 0.15) is 19.3 Å². The highest BCUT2D eigenvalue weighted by molar-refractivity contribution is 7.45. The van der Waals surface area contributed by atoms with Crippen molar-refractivity contribution in [1.82, 2.24) is 5.32 Å². The molecule has 3 atom stereocenters. The average molecular weight is 1000 g/mol. The van der Waals surface area contributed by atoms with Crippen LogP contribution in [0, 0.1) is 0 Å². The van der Waals surface area contributed by atoms with Crippen molar-refractivity contribution < 1.29 is 37.3 Å². The van der Waals surface area contributed by atoms with Crippen LogP contribution in [-0.4, -0.2) is 69.4 Å². The lowest BCUT2D eigenvalue weighted by Crippen LogP contribution is -2.47. The van der Waals surface area contributed by atoms with Gasteiger partial charge in [0.15, 0.2) is 0 Å². The number of phosphoric ester groups is 1. The number of hydrogen-bond acceptors (Lipinski definition) is 7. The quantitative estimate of drug-likeness (QED) is 0.0212. The molecule has 0 aromatic rings. The number of carbonyl (C=O) groups excluding carboxylic acids is 2. The average Bonchev–Trinajstić information content (AvgIpc) is 3.32. The zero-order chi connectivity index (χ0) is 51.5. The minimum Gasteiger partial charge on any atom is -0.756 e. The summed E-state index contributed by atoms with van der Waals surface area (Å²) in [5.41, 5.74) is 0. The number of esters is 1. The third-order valence-electron chi connectivity index (χ3n) is 12.4. The lowest BCUT2D eigenvalue weighted by molar-refractivity contribution is -0.870. The molecule has 3 unspecified atom stereocenters. The molecule has 0 saturated heterocycles. The zero-order valence-corrected chi connectivity index (χ0v) is 47.1. The van der Waals surface area contributed by atoms with Gasteiger partial charge < -0.3 is 28.5 Å². The third kappa shape index (κ3) is 50.4. The van der Waals surface area contributed by atoms with Crippen LogP contribution in [0.2, 0.25) is 0 Å². The van der Waals surface area contributed by atoms with Crippen LogP contribution in [0.25, 0.3) is 0 Å². The van der Waals surface area contributed by atoms with Gasteiger partial charge >= 0.3 is 5.97 Å². The number of hydrogen-bond donors (Lipinski definition) is 1. The van der Waals surface area contributed by atoms with Crippen LogP contribution in [-0.2, 0) is 27.9 Å². The summed E-state index contributed by atoms with van der Waals surface area (Å²) in [5.74, 6) is -0.583. The van der Waals surface area contributed by atoms with Crippen molar-refractivity contribution in [2.75, 3.05) is 40.9 Å². The number of carbonyl (C=O) groups is 2. The summed E-state index contributed by atoms with van der Waals surface area (Å²) in [5, 5.41) is 3.00. The van der Waals surface area contributed by atoms with E-state index >= 15 is 0 Å². The van der Waals surface area contributed by atoms with Crippen molar-refractivity contribution in [1.29, 1.82) is 0 Å². The van der Waals surface area contributed by atoms with E-state index in [0.29, 0.717) is 17.4 Å². The van der Waals surface area contributed by atoms with Crippen LogP contribution in [0.1, 0.15) is 245 Å². The predicted octanol–water partition coefficient (Wildman–Crippen LogP) is 16.6. The molecule has 0 heterocycles. The predicted molar refractivity (Wildman–Crippen MR) is 298 cm³/mol. The van der Waals surface area contributed by atoms with Crippen LogP contribution in [0.4, 0.5) is 0 Å². The van der Waals surface area contributed by atoms with Crippen molar-refractivity contribution in [3.8, 4) is 0 Å². The largest absolute Gasteiger partial charge is 0.756 e. The van der Waals surface area contributed by atoms with E-state index < -0.39 is 26.6 Å². The fourth-order valence-corrected chi connectivity index (χ4v) is 8.64. The highest BCUT2D eigenvalue weighted by Gasteiger charge is 2.27.